The molecule has 0 bridgehead atoms. The molecule has 1 aromatic carbocycles. The number of alkyl halides is 1. The van der Waals surface area contributed by atoms with E-state index in [1.807, 2.05) is 6.07 Å². The number of nitrogens with zero attached hydrogens (tertiary/aromatic N) is 2. The third-order valence-corrected chi connectivity index (χ3v) is 3.45. The molecule has 4 nitrogen and oxygen atoms in total. The van der Waals surface area contributed by atoms with Crippen molar-refractivity contribution >= 4 is 17.3 Å². The molecule has 1 unspecified atom stereocenters. The van der Waals surface area contributed by atoms with E-state index in [1.165, 1.54) is 6.07 Å². The van der Waals surface area contributed by atoms with Crippen molar-refractivity contribution in [3.05, 3.63) is 39.4 Å². The molecule has 1 fully saturated rings. The van der Waals surface area contributed by atoms with E-state index in [4.69, 9.17) is 16.9 Å². The van der Waals surface area contributed by atoms with Gasteiger partial charge in [-0.2, -0.15) is 5.26 Å². The van der Waals surface area contributed by atoms with E-state index in [1.54, 1.807) is 12.1 Å². The zero-order valence-corrected chi connectivity index (χ0v) is 9.85. The summed E-state index contributed by atoms with van der Waals surface area (Å²) >= 11 is 6.19. The second kappa shape index (κ2) is 4.72. The average Bonchev–Trinajstić information content (AvgIpc) is 3.12. The summed E-state index contributed by atoms with van der Waals surface area (Å²) in [6.45, 7) is 0. The Labute approximate surface area is 104 Å². The van der Waals surface area contributed by atoms with E-state index in [-0.39, 0.29) is 16.6 Å². The zero-order valence-electron chi connectivity index (χ0n) is 9.10. The first-order valence-electron chi connectivity index (χ1n) is 5.43. The monoisotopic (exact) mass is 250 g/mol. The second-order valence-corrected chi connectivity index (χ2v) is 4.84. The molecule has 0 amide bonds. The molecular weight excluding hydrogens is 240 g/mol. The molecule has 17 heavy (non-hydrogen) atoms. The summed E-state index contributed by atoms with van der Waals surface area (Å²) in [4.78, 5) is 10.1. The van der Waals surface area contributed by atoms with E-state index in [9.17, 15) is 10.1 Å². The molecule has 0 aromatic heterocycles. The van der Waals surface area contributed by atoms with Gasteiger partial charge in [-0.25, -0.2) is 0 Å². The lowest BCUT2D eigenvalue weighted by Crippen LogP contribution is -2.06. The van der Waals surface area contributed by atoms with Crippen LogP contribution >= 0.6 is 11.6 Å². The van der Waals surface area contributed by atoms with E-state index < -0.39 is 4.92 Å². The van der Waals surface area contributed by atoms with Gasteiger partial charge >= 0.3 is 0 Å². The van der Waals surface area contributed by atoms with Crippen LogP contribution in [0.15, 0.2) is 18.2 Å². The third kappa shape index (κ3) is 2.75. The predicted octanol–water partition coefficient (Wildman–Crippen LogP) is 3.03. The van der Waals surface area contributed by atoms with E-state index in [0.717, 1.165) is 18.4 Å². The lowest BCUT2D eigenvalue weighted by Gasteiger charge is -2.07. The number of nitro benzene ring substituents is 1. The smallest absolute Gasteiger partial charge is 0.258 e. The van der Waals surface area contributed by atoms with Gasteiger partial charge in [0.15, 0.2) is 0 Å². The Hall–Kier alpha value is -1.60. The molecule has 1 aliphatic carbocycles. The Morgan fingerprint density at radius 2 is 2.29 bits per heavy atom. The van der Waals surface area contributed by atoms with Crippen LogP contribution < -0.4 is 0 Å². The first-order valence-corrected chi connectivity index (χ1v) is 5.87. The largest absolute Gasteiger partial charge is 0.287 e. The number of halogens is 1. The summed E-state index contributed by atoms with van der Waals surface area (Å²) in [6.07, 6.45) is 2.98. The number of hydrogen-bond donors (Lipinski definition) is 0. The average molecular weight is 251 g/mol. The molecular formula is C12H11ClN2O2. The fourth-order valence-electron chi connectivity index (χ4n) is 1.81. The maximum Gasteiger partial charge on any atom is 0.287 e. The van der Waals surface area contributed by atoms with Crippen LogP contribution in [0.5, 0.6) is 0 Å². The van der Waals surface area contributed by atoms with Gasteiger partial charge in [-0.15, -0.1) is 11.6 Å². The number of nitro groups is 1. The molecule has 1 aromatic rings. The highest BCUT2D eigenvalue weighted by atomic mass is 35.5. The van der Waals surface area contributed by atoms with Crippen LogP contribution in [0.2, 0.25) is 0 Å². The van der Waals surface area contributed by atoms with Crippen molar-refractivity contribution in [2.24, 2.45) is 5.92 Å². The van der Waals surface area contributed by atoms with Crippen molar-refractivity contribution < 1.29 is 4.92 Å². The first-order chi connectivity index (χ1) is 8.11. The molecule has 0 heterocycles. The molecule has 1 aliphatic rings. The molecule has 0 N–H and O–H groups in total. The van der Waals surface area contributed by atoms with Gasteiger partial charge in [-0.1, -0.05) is 6.07 Å². The minimum absolute atomic E-state index is 0.0722. The quantitative estimate of drug-likeness (QED) is 0.469. The Bertz CT molecular complexity index is 492. The molecule has 2 rings (SSSR count). The van der Waals surface area contributed by atoms with Crippen molar-refractivity contribution in [3.8, 4) is 6.07 Å². The SMILES string of the molecule is N#Cc1cc(CC(Cl)C2CC2)ccc1[N+](=O)[O-]. The summed E-state index contributed by atoms with van der Waals surface area (Å²) in [7, 11) is 0. The fraction of sp³-hybridized carbons (Fsp3) is 0.417. The number of rotatable bonds is 4. The van der Waals surface area contributed by atoms with E-state index in [2.05, 4.69) is 0 Å². The van der Waals surface area contributed by atoms with Gasteiger partial charge in [0, 0.05) is 11.4 Å². The lowest BCUT2D eigenvalue weighted by atomic mass is 10.0. The predicted molar refractivity (Wildman–Crippen MR) is 63.9 cm³/mol. The van der Waals surface area contributed by atoms with Gasteiger partial charge in [-0.05, 0) is 36.8 Å². The highest BCUT2D eigenvalue weighted by molar-refractivity contribution is 6.21. The Morgan fingerprint density at radius 1 is 1.59 bits per heavy atom. The Balaban J connectivity index is 2.19. The van der Waals surface area contributed by atoms with Crippen molar-refractivity contribution in [1.29, 1.82) is 5.26 Å². The minimum atomic E-state index is -0.540. The van der Waals surface area contributed by atoms with Gasteiger partial charge in [0.25, 0.3) is 5.69 Å². The second-order valence-electron chi connectivity index (χ2n) is 4.28. The van der Waals surface area contributed by atoms with Gasteiger partial charge in [0.1, 0.15) is 11.6 Å². The van der Waals surface area contributed by atoms with Crippen LogP contribution in [-0.2, 0) is 6.42 Å². The Morgan fingerprint density at radius 3 is 2.82 bits per heavy atom. The van der Waals surface area contributed by atoms with Gasteiger partial charge in [0.05, 0.1) is 4.92 Å². The number of nitriles is 1. The van der Waals surface area contributed by atoms with Crippen molar-refractivity contribution in [2.75, 3.05) is 0 Å². The molecule has 88 valence electrons. The summed E-state index contributed by atoms with van der Waals surface area (Å²) in [5.41, 5.74) is 0.847. The van der Waals surface area contributed by atoms with Crippen LogP contribution in [0.1, 0.15) is 24.0 Å². The summed E-state index contributed by atoms with van der Waals surface area (Å²) < 4.78 is 0. The topological polar surface area (TPSA) is 66.9 Å². The van der Waals surface area contributed by atoms with Gasteiger partial charge < -0.3 is 0 Å². The highest BCUT2D eigenvalue weighted by Crippen LogP contribution is 2.37. The van der Waals surface area contributed by atoms with Crippen LogP contribution in [-0.4, -0.2) is 10.3 Å². The maximum absolute atomic E-state index is 10.7. The maximum atomic E-state index is 10.7. The first kappa shape index (κ1) is 11.9. The van der Waals surface area contributed by atoms with Crippen LogP contribution in [0.4, 0.5) is 5.69 Å². The fourth-order valence-corrected chi connectivity index (χ4v) is 2.24. The van der Waals surface area contributed by atoms with Crippen molar-refractivity contribution in [2.45, 2.75) is 24.6 Å². The van der Waals surface area contributed by atoms with E-state index in [0.29, 0.717) is 12.3 Å². The van der Waals surface area contributed by atoms with Gasteiger partial charge in [-0.3, -0.25) is 10.1 Å². The molecule has 5 heteroatoms. The number of hydrogen-bond acceptors (Lipinski definition) is 3. The molecule has 0 spiro atoms. The standard InChI is InChI=1S/C12H11ClN2O2/c13-11(9-2-3-9)6-8-1-4-12(15(16)17)10(5-8)7-14/h1,4-5,9,11H,2-3,6H2. The molecule has 1 atom stereocenters. The normalized spacial score (nSPS) is 16.2. The number of benzene rings is 1. The van der Waals surface area contributed by atoms with E-state index >= 15 is 0 Å². The summed E-state index contributed by atoms with van der Waals surface area (Å²) in [6, 6.07) is 6.47. The third-order valence-electron chi connectivity index (χ3n) is 2.94. The highest BCUT2D eigenvalue weighted by Gasteiger charge is 2.29. The molecule has 0 radical (unpaired) electrons. The minimum Gasteiger partial charge on any atom is -0.258 e. The lowest BCUT2D eigenvalue weighted by molar-refractivity contribution is -0.385. The molecule has 0 aliphatic heterocycles. The summed E-state index contributed by atoms with van der Waals surface area (Å²) in [5, 5.41) is 19.6. The van der Waals surface area contributed by atoms with Crippen LogP contribution in [0, 0.1) is 27.4 Å². The zero-order chi connectivity index (χ0) is 12.4. The Kier molecular flexibility index (Phi) is 3.30. The van der Waals surface area contributed by atoms with Crippen molar-refractivity contribution in [1.82, 2.24) is 0 Å². The summed E-state index contributed by atoms with van der Waals surface area (Å²) in [5.74, 6) is 0.567. The van der Waals surface area contributed by atoms with Crippen LogP contribution in [0.25, 0.3) is 0 Å². The van der Waals surface area contributed by atoms with Crippen LogP contribution in [0.3, 0.4) is 0 Å². The van der Waals surface area contributed by atoms with Gasteiger partial charge in [0.2, 0.25) is 0 Å². The molecule has 0 saturated heterocycles. The molecule has 1 saturated carbocycles. The van der Waals surface area contributed by atoms with Crippen molar-refractivity contribution in [3.63, 3.8) is 0 Å².